The molecule has 0 aliphatic carbocycles. The Hall–Kier alpha value is -1.45. The lowest BCUT2D eigenvalue weighted by Crippen LogP contribution is -2.58. The van der Waals surface area contributed by atoms with Gasteiger partial charge in [-0.2, -0.15) is 13.2 Å². The predicted molar refractivity (Wildman–Crippen MR) is 76.2 cm³/mol. The predicted octanol–water partition coefficient (Wildman–Crippen LogP) is 1.03. The van der Waals surface area contributed by atoms with Crippen molar-refractivity contribution in [3.05, 3.63) is 18.0 Å². The molecular weight excluding hydrogens is 313 g/mol. The molecule has 3 heterocycles. The van der Waals surface area contributed by atoms with Gasteiger partial charge in [0.25, 0.3) is 0 Å². The first-order valence-electron chi connectivity index (χ1n) is 7.43. The molecule has 0 aromatic carbocycles. The second-order valence-corrected chi connectivity index (χ2v) is 5.98. The second-order valence-electron chi connectivity index (χ2n) is 5.98. The maximum absolute atomic E-state index is 12.8. The van der Waals surface area contributed by atoms with Crippen molar-refractivity contribution < 1.29 is 22.6 Å². The average Bonchev–Trinajstić information content (AvgIpc) is 2.68. The number of aromatic nitrogens is 2. The van der Waals surface area contributed by atoms with E-state index >= 15 is 0 Å². The van der Waals surface area contributed by atoms with Crippen LogP contribution in [0.5, 0.6) is 0 Å². The minimum atomic E-state index is -4.48. The van der Waals surface area contributed by atoms with Crippen LogP contribution in [0.25, 0.3) is 0 Å². The summed E-state index contributed by atoms with van der Waals surface area (Å²) in [6, 6.07) is 0.877. The first kappa shape index (κ1) is 16.4. The molecule has 6 nitrogen and oxygen atoms in total. The van der Waals surface area contributed by atoms with Crippen molar-refractivity contribution in [2.45, 2.75) is 11.8 Å². The summed E-state index contributed by atoms with van der Waals surface area (Å²) in [4.78, 5) is 11.5. The average molecular weight is 332 g/mol. The lowest BCUT2D eigenvalue weighted by Gasteiger charge is -2.42. The van der Waals surface area contributed by atoms with Crippen LogP contribution >= 0.6 is 0 Å². The zero-order valence-corrected chi connectivity index (χ0v) is 12.8. The Labute approximate surface area is 132 Å². The monoisotopic (exact) mass is 332 g/mol. The summed E-state index contributed by atoms with van der Waals surface area (Å²) in [6.45, 7) is 3.73. The number of alkyl halides is 3. The zero-order chi connectivity index (χ0) is 16.5. The van der Waals surface area contributed by atoms with Gasteiger partial charge in [0, 0.05) is 25.8 Å². The number of nitrogens with zero attached hydrogens (tertiary/aromatic N) is 4. The van der Waals surface area contributed by atoms with Crippen molar-refractivity contribution in [1.29, 1.82) is 0 Å². The topological polar surface area (TPSA) is 50.7 Å². The molecule has 1 aromatic heterocycles. The molecule has 1 atom stereocenters. The third-order valence-corrected chi connectivity index (χ3v) is 4.01. The van der Waals surface area contributed by atoms with E-state index in [4.69, 9.17) is 9.47 Å². The van der Waals surface area contributed by atoms with Crippen molar-refractivity contribution >= 4 is 5.95 Å². The van der Waals surface area contributed by atoms with E-state index in [1.165, 1.54) is 0 Å². The van der Waals surface area contributed by atoms with Gasteiger partial charge in [-0.1, -0.05) is 0 Å². The summed E-state index contributed by atoms with van der Waals surface area (Å²) in [5, 5.41) is 0. The quantitative estimate of drug-likeness (QED) is 0.766. The van der Waals surface area contributed by atoms with Crippen LogP contribution < -0.4 is 4.90 Å². The number of rotatable bonds is 1. The van der Waals surface area contributed by atoms with Crippen molar-refractivity contribution in [1.82, 2.24) is 14.9 Å². The Balaban J connectivity index is 1.81. The fraction of sp³-hybridized carbons (Fsp3) is 0.714. The van der Waals surface area contributed by atoms with Gasteiger partial charge in [0.1, 0.15) is 11.3 Å². The molecule has 1 spiro atoms. The third kappa shape index (κ3) is 3.73. The van der Waals surface area contributed by atoms with E-state index in [0.717, 1.165) is 18.8 Å². The maximum atomic E-state index is 12.8. The van der Waals surface area contributed by atoms with Crippen molar-refractivity contribution in [2.24, 2.45) is 0 Å². The van der Waals surface area contributed by atoms with Gasteiger partial charge in [0.15, 0.2) is 0 Å². The molecule has 9 heteroatoms. The molecule has 2 aliphatic heterocycles. The Morgan fingerprint density at radius 2 is 2.04 bits per heavy atom. The van der Waals surface area contributed by atoms with Gasteiger partial charge in [0.05, 0.1) is 26.4 Å². The number of likely N-dealkylation sites (N-methyl/N-ethyl adjacent to an activating group) is 1. The molecule has 0 radical (unpaired) electrons. The van der Waals surface area contributed by atoms with Crippen molar-refractivity contribution in [3.63, 3.8) is 0 Å². The zero-order valence-electron chi connectivity index (χ0n) is 12.8. The molecule has 2 saturated heterocycles. The molecule has 3 rings (SSSR count). The Kier molecular flexibility index (Phi) is 4.43. The number of hydrogen-bond acceptors (Lipinski definition) is 6. The van der Waals surface area contributed by atoms with E-state index in [-0.39, 0.29) is 5.95 Å². The van der Waals surface area contributed by atoms with Gasteiger partial charge < -0.3 is 19.3 Å². The number of ether oxygens (including phenoxy) is 2. The van der Waals surface area contributed by atoms with E-state index in [9.17, 15) is 13.2 Å². The van der Waals surface area contributed by atoms with Gasteiger partial charge in [0.2, 0.25) is 5.95 Å². The minimum Gasteiger partial charge on any atom is -0.377 e. The van der Waals surface area contributed by atoms with Crippen LogP contribution in [-0.2, 0) is 15.7 Å². The summed E-state index contributed by atoms with van der Waals surface area (Å²) in [5.41, 5.74) is -1.50. The molecule has 0 amide bonds. The van der Waals surface area contributed by atoms with Crippen LogP contribution in [0.2, 0.25) is 0 Å². The normalized spacial score (nSPS) is 27.2. The van der Waals surface area contributed by atoms with Gasteiger partial charge in [-0.05, 0) is 13.1 Å². The van der Waals surface area contributed by atoms with E-state index in [0.29, 0.717) is 39.5 Å². The van der Waals surface area contributed by atoms with E-state index < -0.39 is 17.5 Å². The largest absolute Gasteiger partial charge is 0.433 e. The van der Waals surface area contributed by atoms with Crippen molar-refractivity contribution in [3.8, 4) is 0 Å². The lowest BCUT2D eigenvalue weighted by molar-refractivity contribution is -0.141. The molecule has 0 bridgehead atoms. The minimum absolute atomic E-state index is 0.0781. The molecule has 128 valence electrons. The highest BCUT2D eigenvalue weighted by Gasteiger charge is 2.41. The first-order chi connectivity index (χ1) is 10.9. The Morgan fingerprint density at radius 1 is 1.22 bits per heavy atom. The number of morpholine rings is 1. The van der Waals surface area contributed by atoms with E-state index in [1.807, 2.05) is 7.05 Å². The Bertz CT molecular complexity index is 557. The van der Waals surface area contributed by atoms with Gasteiger partial charge in [-0.15, -0.1) is 0 Å². The van der Waals surface area contributed by atoms with Crippen LogP contribution in [-0.4, -0.2) is 73.5 Å². The molecule has 2 aliphatic rings. The summed E-state index contributed by atoms with van der Waals surface area (Å²) in [7, 11) is 1.97. The van der Waals surface area contributed by atoms with Gasteiger partial charge in [-0.3, -0.25) is 0 Å². The SMILES string of the molecule is CN1CCOCC2(C1)CN(c1nccc(C(F)(F)F)n1)CCO2. The summed E-state index contributed by atoms with van der Waals surface area (Å²) >= 11 is 0. The summed E-state index contributed by atoms with van der Waals surface area (Å²) < 4.78 is 50.0. The summed E-state index contributed by atoms with van der Waals surface area (Å²) in [6.07, 6.45) is -3.34. The van der Waals surface area contributed by atoms with E-state index in [1.54, 1.807) is 4.90 Å². The van der Waals surface area contributed by atoms with Crippen LogP contribution in [0.1, 0.15) is 5.69 Å². The molecule has 1 aromatic rings. The highest BCUT2D eigenvalue weighted by Crippen LogP contribution is 2.29. The second kappa shape index (κ2) is 6.21. The molecule has 0 N–H and O–H groups in total. The maximum Gasteiger partial charge on any atom is 0.433 e. The number of anilines is 1. The fourth-order valence-electron chi connectivity index (χ4n) is 2.95. The van der Waals surface area contributed by atoms with Crippen molar-refractivity contribution in [2.75, 3.05) is 57.9 Å². The van der Waals surface area contributed by atoms with Gasteiger partial charge in [-0.25, -0.2) is 9.97 Å². The van der Waals surface area contributed by atoms with Crippen LogP contribution in [0.15, 0.2) is 12.3 Å². The third-order valence-electron chi connectivity index (χ3n) is 4.01. The molecule has 23 heavy (non-hydrogen) atoms. The molecule has 0 saturated carbocycles. The fourth-order valence-corrected chi connectivity index (χ4v) is 2.95. The van der Waals surface area contributed by atoms with E-state index in [2.05, 4.69) is 14.9 Å². The smallest absolute Gasteiger partial charge is 0.377 e. The van der Waals surface area contributed by atoms with Crippen LogP contribution in [0.3, 0.4) is 0 Å². The highest BCUT2D eigenvalue weighted by atomic mass is 19.4. The van der Waals surface area contributed by atoms with Crippen LogP contribution in [0.4, 0.5) is 19.1 Å². The Morgan fingerprint density at radius 3 is 2.83 bits per heavy atom. The molecular formula is C14H19F3N4O2. The highest BCUT2D eigenvalue weighted by molar-refractivity contribution is 5.33. The van der Waals surface area contributed by atoms with Gasteiger partial charge >= 0.3 is 6.18 Å². The molecule has 1 unspecified atom stereocenters. The number of hydrogen-bond donors (Lipinski definition) is 0. The lowest BCUT2D eigenvalue weighted by atomic mass is 10.0. The standard InChI is InChI=1S/C14H19F3N4O2/c1-20-4-6-22-10-13(8-20)9-21(5-7-23-13)12-18-3-2-11(19-12)14(15,16)17/h2-3H,4-10H2,1H3. The number of halogens is 3. The van der Waals surface area contributed by atoms with Crippen LogP contribution in [0, 0.1) is 0 Å². The summed E-state index contributed by atoms with van der Waals surface area (Å²) in [5.74, 6) is 0.0781. The first-order valence-corrected chi connectivity index (χ1v) is 7.43. The molecule has 2 fully saturated rings.